The van der Waals surface area contributed by atoms with Gasteiger partial charge in [0.15, 0.2) is 0 Å². The number of para-hydroxylation sites is 1. The van der Waals surface area contributed by atoms with E-state index in [4.69, 9.17) is 23.2 Å². The van der Waals surface area contributed by atoms with E-state index in [-0.39, 0.29) is 30.8 Å². The number of hydrogen-bond donors (Lipinski definition) is 1. The van der Waals surface area contributed by atoms with Crippen molar-refractivity contribution in [3.63, 3.8) is 0 Å². The highest BCUT2D eigenvalue weighted by Crippen LogP contribution is 2.30. The van der Waals surface area contributed by atoms with E-state index in [9.17, 15) is 18.0 Å². The summed E-state index contributed by atoms with van der Waals surface area (Å²) >= 11 is 12.7. The van der Waals surface area contributed by atoms with Gasteiger partial charge >= 0.3 is 0 Å². The quantitative estimate of drug-likeness (QED) is 0.228. The zero-order valence-corrected chi connectivity index (χ0v) is 27.8. The highest BCUT2D eigenvalue weighted by molar-refractivity contribution is 7.92. The fourth-order valence-corrected chi connectivity index (χ4v) is 7.07. The van der Waals surface area contributed by atoms with Gasteiger partial charge in [0, 0.05) is 29.1 Å². The van der Waals surface area contributed by atoms with Crippen LogP contribution in [0, 0.1) is 0 Å². The van der Waals surface area contributed by atoms with Crippen LogP contribution < -0.4 is 9.62 Å². The number of nitrogens with one attached hydrogen (secondary N) is 1. The van der Waals surface area contributed by atoms with Crippen molar-refractivity contribution in [2.24, 2.45) is 0 Å². The predicted molar refractivity (Wildman–Crippen MR) is 179 cm³/mol. The Labute approximate surface area is 271 Å². The highest BCUT2D eigenvalue weighted by atomic mass is 35.5. The molecular formula is C34H41Cl2N3O4S. The van der Waals surface area contributed by atoms with Crippen LogP contribution in [0.25, 0.3) is 0 Å². The van der Waals surface area contributed by atoms with Crippen LogP contribution in [-0.2, 0) is 32.6 Å². The summed E-state index contributed by atoms with van der Waals surface area (Å²) in [7, 11) is -3.87. The van der Waals surface area contributed by atoms with Gasteiger partial charge in [-0.25, -0.2) is 8.42 Å². The predicted octanol–water partition coefficient (Wildman–Crippen LogP) is 6.97. The summed E-state index contributed by atoms with van der Waals surface area (Å²) in [6.07, 6.45) is 6.32. The lowest BCUT2D eigenvalue weighted by Gasteiger charge is -2.35. The fourth-order valence-electron chi connectivity index (χ4n) is 5.73. The highest BCUT2D eigenvalue weighted by Gasteiger charge is 2.35. The molecule has 1 atom stereocenters. The van der Waals surface area contributed by atoms with Crippen molar-refractivity contribution in [2.75, 3.05) is 17.1 Å². The van der Waals surface area contributed by atoms with Crippen molar-refractivity contribution in [1.29, 1.82) is 0 Å². The maximum atomic E-state index is 14.4. The minimum Gasteiger partial charge on any atom is -0.352 e. The molecule has 1 aliphatic carbocycles. The molecule has 0 aliphatic heterocycles. The summed E-state index contributed by atoms with van der Waals surface area (Å²) in [5.41, 5.74) is 2.71. The summed E-state index contributed by atoms with van der Waals surface area (Å²) in [6, 6.07) is 20.8. The van der Waals surface area contributed by atoms with Crippen LogP contribution in [0.2, 0.25) is 10.0 Å². The largest absolute Gasteiger partial charge is 0.352 e. The minimum atomic E-state index is -3.87. The second-order valence-electron chi connectivity index (χ2n) is 11.8. The van der Waals surface area contributed by atoms with Crippen molar-refractivity contribution < 1.29 is 18.0 Å². The van der Waals surface area contributed by atoms with Crippen LogP contribution in [0.15, 0.2) is 72.8 Å². The standard InChI is InChI=1S/C34H41Cl2N3O4S/c1-24(2)29-16-10-11-17-31(29)39(44(3,42)43)23-33(40)38(22-26-18-19-27(35)21-30(26)36)32(20-25-12-6-4-7-13-25)34(41)37-28-14-8-5-9-15-28/h4,6-7,10-13,16-19,21,24,28,32H,5,8-9,14-15,20,22-23H2,1-3H3,(H,37,41). The molecule has 2 amide bonds. The van der Waals surface area contributed by atoms with Gasteiger partial charge in [-0.05, 0) is 53.6 Å². The average molecular weight is 659 g/mol. The molecule has 1 N–H and O–H groups in total. The van der Waals surface area contributed by atoms with Crippen LogP contribution in [0.3, 0.4) is 0 Å². The van der Waals surface area contributed by atoms with Crippen LogP contribution in [0.1, 0.15) is 68.6 Å². The summed E-state index contributed by atoms with van der Waals surface area (Å²) < 4.78 is 27.6. The Kier molecular flexibility index (Phi) is 11.7. The first kappa shape index (κ1) is 33.8. The van der Waals surface area contributed by atoms with Crippen LogP contribution >= 0.6 is 23.2 Å². The number of nitrogens with zero attached hydrogens (tertiary/aromatic N) is 2. The van der Waals surface area contributed by atoms with Gasteiger partial charge in [0.2, 0.25) is 21.8 Å². The molecule has 10 heteroatoms. The molecule has 3 aromatic rings. The number of amides is 2. The lowest BCUT2D eigenvalue weighted by atomic mass is 9.94. The fraction of sp³-hybridized carbons (Fsp3) is 0.412. The number of rotatable bonds is 12. The molecule has 1 aliphatic rings. The average Bonchev–Trinajstić information content (AvgIpc) is 2.99. The van der Waals surface area contributed by atoms with Crippen LogP contribution in [0.5, 0.6) is 0 Å². The zero-order chi connectivity index (χ0) is 31.9. The summed E-state index contributed by atoms with van der Waals surface area (Å²) in [4.78, 5) is 30.0. The topological polar surface area (TPSA) is 86.8 Å². The number of benzene rings is 3. The third kappa shape index (κ3) is 8.99. The van der Waals surface area contributed by atoms with Crippen molar-refractivity contribution >= 4 is 50.7 Å². The number of hydrogen-bond acceptors (Lipinski definition) is 4. The van der Waals surface area contributed by atoms with Crippen molar-refractivity contribution in [2.45, 2.75) is 76.9 Å². The van der Waals surface area contributed by atoms with E-state index in [1.807, 2.05) is 56.3 Å². The summed E-state index contributed by atoms with van der Waals surface area (Å²) in [5.74, 6) is -0.769. The SMILES string of the molecule is CC(C)c1ccccc1N(CC(=O)N(Cc1ccc(Cl)cc1Cl)C(Cc1ccccc1)C(=O)NC1CCCCC1)S(C)(=O)=O. The third-order valence-corrected chi connectivity index (χ3v) is 9.80. The van der Waals surface area contributed by atoms with E-state index in [0.717, 1.165) is 53.8 Å². The Hall–Kier alpha value is -3.07. The van der Waals surface area contributed by atoms with E-state index >= 15 is 0 Å². The number of sulfonamides is 1. The van der Waals surface area contributed by atoms with Crippen molar-refractivity contribution in [1.82, 2.24) is 10.2 Å². The second-order valence-corrected chi connectivity index (χ2v) is 14.5. The molecule has 0 heterocycles. The molecule has 1 fully saturated rings. The van der Waals surface area contributed by atoms with Gasteiger partial charge in [0.25, 0.3) is 0 Å². The van der Waals surface area contributed by atoms with Crippen LogP contribution in [0.4, 0.5) is 5.69 Å². The van der Waals surface area contributed by atoms with Crippen molar-refractivity contribution in [3.05, 3.63) is 99.5 Å². The summed E-state index contributed by atoms with van der Waals surface area (Å²) in [5, 5.41) is 4.00. The molecule has 1 saturated carbocycles. The lowest BCUT2D eigenvalue weighted by Crippen LogP contribution is -2.55. The van der Waals surface area contributed by atoms with E-state index in [1.165, 1.54) is 4.90 Å². The molecule has 0 bridgehead atoms. The Balaban J connectivity index is 1.77. The van der Waals surface area contributed by atoms with Gasteiger partial charge in [-0.15, -0.1) is 0 Å². The smallest absolute Gasteiger partial charge is 0.244 e. The van der Waals surface area contributed by atoms with E-state index in [2.05, 4.69) is 5.32 Å². The van der Waals surface area contributed by atoms with E-state index < -0.39 is 28.5 Å². The van der Waals surface area contributed by atoms with E-state index in [0.29, 0.717) is 21.3 Å². The third-order valence-electron chi connectivity index (χ3n) is 8.09. The molecular weight excluding hydrogens is 617 g/mol. The first-order valence-electron chi connectivity index (χ1n) is 15.1. The molecule has 236 valence electrons. The number of carbonyl (C=O) groups excluding carboxylic acids is 2. The zero-order valence-electron chi connectivity index (χ0n) is 25.5. The molecule has 3 aromatic carbocycles. The van der Waals surface area contributed by atoms with Gasteiger partial charge in [-0.1, -0.05) is 111 Å². The lowest BCUT2D eigenvalue weighted by molar-refractivity contribution is -0.140. The number of anilines is 1. The Morgan fingerprint density at radius 1 is 0.932 bits per heavy atom. The first-order valence-corrected chi connectivity index (χ1v) is 17.7. The van der Waals surface area contributed by atoms with Gasteiger partial charge in [0.05, 0.1) is 11.9 Å². The Bertz CT molecular complexity index is 1540. The van der Waals surface area contributed by atoms with Gasteiger partial charge in [-0.3, -0.25) is 13.9 Å². The normalized spacial score (nSPS) is 14.7. The van der Waals surface area contributed by atoms with Crippen LogP contribution in [-0.4, -0.2) is 50.0 Å². The van der Waals surface area contributed by atoms with Gasteiger partial charge in [-0.2, -0.15) is 0 Å². The molecule has 0 aromatic heterocycles. The minimum absolute atomic E-state index is 0.00610. The maximum Gasteiger partial charge on any atom is 0.244 e. The van der Waals surface area contributed by atoms with E-state index in [1.54, 1.807) is 30.3 Å². The summed E-state index contributed by atoms with van der Waals surface area (Å²) in [6.45, 7) is 3.46. The first-order chi connectivity index (χ1) is 20.9. The molecule has 0 spiro atoms. The molecule has 7 nitrogen and oxygen atoms in total. The maximum absolute atomic E-state index is 14.4. The molecule has 44 heavy (non-hydrogen) atoms. The molecule has 0 saturated heterocycles. The van der Waals surface area contributed by atoms with Gasteiger partial charge in [0.1, 0.15) is 12.6 Å². The molecule has 1 unspecified atom stereocenters. The number of halogens is 2. The Morgan fingerprint density at radius 2 is 1.59 bits per heavy atom. The van der Waals surface area contributed by atoms with Gasteiger partial charge < -0.3 is 10.2 Å². The number of carbonyl (C=O) groups is 2. The second kappa shape index (κ2) is 15.3. The Morgan fingerprint density at radius 3 is 2.23 bits per heavy atom. The molecule has 4 rings (SSSR count). The van der Waals surface area contributed by atoms with Crippen molar-refractivity contribution in [3.8, 4) is 0 Å². The molecule has 0 radical (unpaired) electrons. The monoisotopic (exact) mass is 657 g/mol.